The van der Waals surface area contributed by atoms with Crippen LogP contribution in [0.4, 0.5) is 5.69 Å². The molecule has 0 bridgehead atoms. The lowest BCUT2D eigenvalue weighted by molar-refractivity contribution is 0.0502. The first-order chi connectivity index (χ1) is 17.0. The Balaban J connectivity index is 1.19. The largest absolute Gasteiger partial charge is 0.492 e. The molecule has 6 rings (SSSR count). The number of ether oxygens (including phenoxy) is 1. The highest BCUT2D eigenvalue weighted by Crippen LogP contribution is 2.41. The van der Waals surface area contributed by atoms with Crippen molar-refractivity contribution < 1.29 is 13.2 Å². The molecule has 3 aliphatic heterocycles. The van der Waals surface area contributed by atoms with Gasteiger partial charge in [0.15, 0.2) is 0 Å². The van der Waals surface area contributed by atoms with E-state index < -0.39 is 10.0 Å². The molecule has 0 aliphatic carbocycles. The predicted octanol–water partition coefficient (Wildman–Crippen LogP) is 1.78. The van der Waals surface area contributed by atoms with Crippen LogP contribution in [0.1, 0.15) is 23.5 Å². The van der Waals surface area contributed by atoms with Crippen LogP contribution in [0.25, 0.3) is 0 Å². The van der Waals surface area contributed by atoms with Crippen molar-refractivity contribution in [2.24, 2.45) is 7.05 Å². The minimum atomic E-state index is -3.67. The van der Waals surface area contributed by atoms with E-state index in [9.17, 15) is 8.42 Å². The number of nitrogens with one attached hydrogen (secondary N) is 1. The number of fused-ring (bicyclic) bond motifs is 1. The lowest BCUT2D eigenvalue weighted by Crippen LogP contribution is -2.59. The van der Waals surface area contributed by atoms with Crippen LogP contribution in [0.3, 0.4) is 0 Å². The number of hydrogen-bond acceptors (Lipinski definition) is 7. The third-order valence-electron chi connectivity index (χ3n) is 7.35. The van der Waals surface area contributed by atoms with Gasteiger partial charge in [0, 0.05) is 37.3 Å². The number of likely N-dealkylation sites (tertiary alicyclic amines) is 1. The second-order valence-electron chi connectivity index (χ2n) is 9.74. The first-order valence-corrected chi connectivity index (χ1v) is 13.6. The minimum Gasteiger partial charge on any atom is -0.492 e. The minimum absolute atomic E-state index is 0.0508. The summed E-state index contributed by atoms with van der Waals surface area (Å²) in [5, 5.41) is 7.41. The maximum absolute atomic E-state index is 12.6. The fourth-order valence-electron chi connectivity index (χ4n) is 5.29. The highest BCUT2D eigenvalue weighted by molar-refractivity contribution is 7.89. The zero-order chi connectivity index (χ0) is 24.0. The van der Waals surface area contributed by atoms with Gasteiger partial charge in [-0.25, -0.2) is 13.1 Å². The molecule has 3 aromatic rings. The van der Waals surface area contributed by atoms with Crippen LogP contribution in [0, 0.1) is 0 Å². The average molecular weight is 495 g/mol. The van der Waals surface area contributed by atoms with Gasteiger partial charge in [-0.15, -0.1) is 5.10 Å². The Hall–Kier alpha value is -2.95. The van der Waals surface area contributed by atoms with E-state index >= 15 is 0 Å². The molecule has 0 saturated carbocycles. The molecule has 2 saturated heterocycles. The zero-order valence-corrected chi connectivity index (χ0v) is 20.6. The summed E-state index contributed by atoms with van der Waals surface area (Å²) in [5.41, 5.74) is 3.69. The molecule has 0 spiro atoms. The third-order valence-corrected chi connectivity index (χ3v) is 8.73. The second-order valence-corrected chi connectivity index (χ2v) is 11.4. The fourth-order valence-corrected chi connectivity index (χ4v) is 6.44. The van der Waals surface area contributed by atoms with Crippen molar-refractivity contribution in [3.63, 3.8) is 0 Å². The van der Waals surface area contributed by atoms with Crippen LogP contribution < -0.4 is 14.4 Å². The molecular formula is C25H30N6O3S. The van der Waals surface area contributed by atoms with Gasteiger partial charge in [-0.1, -0.05) is 35.5 Å². The Labute approximate surface area is 205 Å². The van der Waals surface area contributed by atoms with Gasteiger partial charge < -0.3 is 9.64 Å². The van der Waals surface area contributed by atoms with E-state index in [0.717, 1.165) is 37.6 Å². The number of aromatic nitrogens is 3. The predicted molar refractivity (Wildman–Crippen MR) is 132 cm³/mol. The first-order valence-electron chi connectivity index (χ1n) is 12.1. The molecule has 10 heteroatoms. The van der Waals surface area contributed by atoms with Crippen LogP contribution in [0.15, 0.2) is 59.8 Å². The number of sulfonamides is 1. The van der Waals surface area contributed by atoms with Crippen molar-refractivity contribution >= 4 is 15.7 Å². The molecule has 184 valence electrons. The SMILES string of the molecule is Cn1cc(S(=O)(=O)NC2CN(c3ccc4c(c3)[C@@H](Cc3ccccc3)[C@@H](N3CCC3)CO4)C2)nn1. The van der Waals surface area contributed by atoms with E-state index in [2.05, 4.69) is 73.4 Å². The van der Waals surface area contributed by atoms with Gasteiger partial charge in [0.1, 0.15) is 12.4 Å². The second kappa shape index (κ2) is 8.92. The maximum atomic E-state index is 12.6. The van der Waals surface area contributed by atoms with Crippen LogP contribution in [0.5, 0.6) is 5.75 Å². The zero-order valence-electron chi connectivity index (χ0n) is 19.7. The van der Waals surface area contributed by atoms with Crippen molar-refractivity contribution in [1.29, 1.82) is 0 Å². The van der Waals surface area contributed by atoms with Crippen LogP contribution >= 0.6 is 0 Å². The molecule has 0 amide bonds. The van der Waals surface area contributed by atoms with Crippen molar-refractivity contribution in [3.8, 4) is 5.75 Å². The summed E-state index contributed by atoms with van der Waals surface area (Å²) >= 11 is 0. The molecular weight excluding hydrogens is 464 g/mol. The summed E-state index contributed by atoms with van der Waals surface area (Å²) in [4.78, 5) is 4.75. The van der Waals surface area contributed by atoms with Crippen molar-refractivity contribution in [2.45, 2.75) is 35.9 Å². The standard InChI is InChI=1S/C25H30N6O3S/c1-29-16-25(26-28-29)35(32,33)27-19-14-31(15-19)20-8-9-24-22(13-20)21(12-18-6-3-2-4-7-18)23(17-34-24)30-10-5-11-30/h2-4,6-9,13,16,19,21,23,27H,5,10-12,14-15,17H2,1H3/t21-,23+/m1/s1. The normalized spacial score (nSPS) is 22.7. The lowest BCUT2D eigenvalue weighted by Gasteiger charge is -2.46. The van der Waals surface area contributed by atoms with E-state index in [1.54, 1.807) is 7.05 Å². The molecule has 3 aliphatic rings. The van der Waals surface area contributed by atoms with Crippen LogP contribution in [-0.2, 0) is 23.5 Å². The average Bonchev–Trinajstić information content (AvgIpc) is 3.24. The number of nitrogens with zero attached hydrogens (tertiary/aromatic N) is 5. The third kappa shape index (κ3) is 4.41. The Kier molecular flexibility index (Phi) is 5.74. The molecule has 0 radical (unpaired) electrons. The van der Waals surface area contributed by atoms with Crippen molar-refractivity contribution in [3.05, 3.63) is 65.9 Å². The molecule has 1 aromatic heterocycles. The van der Waals surface area contributed by atoms with Gasteiger partial charge in [-0.3, -0.25) is 9.58 Å². The molecule has 0 unspecified atom stereocenters. The van der Waals surface area contributed by atoms with Gasteiger partial charge in [0.25, 0.3) is 10.0 Å². The topological polar surface area (TPSA) is 92.6 Å². The summed E-state index contributed by atoms with van der Waals surface area (Å²) in [6.45, 7) is 4.21. The van der Waals surface area contributed by atoms with Crippen LogP contribution in [-0.4, -0.2) is 73.2 Å². The highest BCUT2D eigenvalue weighted by Gasteiger charge is 2.38. The number of hydrogen-bond donors (Lipinski definition) is 1. The van der Waals surface area contributed by atoms with E-state index in [1.165, 1.54) is 28.4 Å². The fraction of sp³-hybridized carbons (Fsp3) is 0.440. The van der Waals surface area contributed by atoms with E-state index in [-0.39, 0.29) is 11.1 Å². The van der Waals surface area contributed by atoms with Gasteiger partial charge in [-0.2, -0.15) is 0 Å². The lowest BCUT2D eigenvalue weighted by atomic mass is 9.82. The summed E-state index contributed by atoms with van der Waals surface area (Å²) in [7, 11) is -2.03. The number of anilines is 1. The summed E-state index contributed by atoms with van der Waals surface area (Å²) in [5.74, 6) is 1.32. The Bertz CT molecular complexity index is 1300. The first kappa shape index (κ1) is 22.5. The van der Waals surface area contributed by atoms with E-state index in [4.69, 9.17) is 4.74 Å². The quantitative estimate of drug-likeness (QED) is 0.535. The smallest absolute Gasteiger partial charge is 0.261 e. The Morgan fingerprint density at radius 3 is 2.60 bits per heavy atom. The molecule has 2 atom stereocenters. The Morgan fingerprint density at radius 1 is 1.11 bits per heavy atom. The highest BCUT2D eigenvalue weighted by atomic mass is 32.2. The van der Waals surface area contributed by atoms with Gasteiger partial charge >= 0.3 is 0 Å². The van der Waals surface area contributed by atoms with E-state index in [0.29, 0.717) is 25.0 Å². The Morgan fingerprint density at radius 2 is 1.91 bits per heavy atom. The molecule has 35 heavy (non-hydrogen) atoms. The number of benzene rings is 2. The maximum Gasteiger partial charge on any atom is 0.261 e. The van der Waals surface area contributed by atoms with Crippen molar-refractivity contribution in [1.82, 2.24) is 24.6 Å². The molecule has 2 fully saturated rings. The summed E-state index contributed by atoms with van der Waals surface area (Å²) in [6.07, 6.45) is 3.63. The molecule has 2 aromatic carbocycles. The molecule has 9 nitrogen and oxygen atoms in total. The number of rotatable bonds is 7. The van der Waals surface area contributed by atoms with E-state index in [1.807, 2.05) is 0 Å². The number of aryl methyl sites for hydroxylation is 1. The molecule has 1 N–H and O–H groups in total. The van der Waals surface area contributed by atoms with Crippen LogP contribution in [0.2, 0.25) is 0 Å². The van der Waals surface area contributed by atoms with Gasteiger partial charge in [-0.05, 0) is 49.7 Å². The molecule has 4 heterocycles. The van der Waals surface area contributed by atoms with Crippen molar-refractivity contribution in [2.75, 3.05) is 37.7 Å². The monoisotopic (exact) mass is 494 g/mol. The summed E-state index contributed by atoms with van der Waals surface area (Å²) in [6, 6.07) is 17.3. The van der Waals surface area contributed by atoms with Gasteiger partial charge in [0.2, 0.25) is 5.03 Å². The summed E-state index contributed by atoms with van der Waals surface area (Å²) < 4.78 is 35.5. The van der Waals surface area contributed by atoms with Gasteiger partial charge in [0.05, 0.1) is 18.3 Å².